The summed E-state index contributed by atoms with van der Waals surface area (Å²) in [5.41, 5.74) is 7.84. The van der Waals surface area contributed by atoms with Gasteiger partial charge in [0.2, 0.25) is 0 Å². The highest BCUT2D eigenvalue weighted by Crippen LogP contribution is 2.29. The number of benzene rings is 1. The highest BCUT2D eigenvalue weighted by atomic mass is 16.3. The van der Waals surface area contributed by atoms with E-state index in [9.17, 15) is 9.90 Å². The van der Waals surface area contributed by atoms with Gasteiger partial charge in [-0.3, -0.25) is 4.79 Å². The van der Waals surface area contributed by atoms with E-state index in [-0.39, 0.29) is 17.9 Å². The van der Waals surface area contributed by atoms with Gasteiger partial charge in [-0.1, -0.05) is 0 Å². The van der Waals surface area contributed by atoms with E-state index in [0.717, 1.165) is 18.7 Å². The molecule has 1 saturated heterocycles. The molecule has 2 rings (SSSR count). The number of ketones is 1. The zero-order chi connectivity index (χ0) is 14.9. The number of Topliss-reactive ketones (excluding diaryl/α,β-unsaturated/α-hetero) is 1. The summed E-state index contributed by atoms with van der Waals surface area (Å²) in [5.74, 6) is -0.0340. The Hall–Kier alpha value is -1.59. The minimum Gasteiger partial charge on any atom is -0.398 e. The molecule has 1 aromatic rings. The third-order valence-electron chi connectivity index (χ3n) is 3.72. The minimum absolute atomic E-state index is 0.0340. The van der Waals surface area contributed by atoms with Gasteiger partial charge in [-0.05, 0) is 45.6 Å². The van der Waals surface area contributed by atoms with Gasteiger partial charge in [-0.15, -0.1) is 0 Å². The van der Waals surface area contributed by atoms with E-state index in [4.69, 9.17) is 5.73 Å². The second-order valence-electron chi connectivity index (χ2n) is 5.79. The molecule has 1 aliphatic rings. The molecule has 0 saturated carbocycles. The molecule has 0 aliphatic carbocycles. The number of likely N-dealkylation sites (N-methyl/N-ethyl adjacent to an activating group) is 1. The molecule has 5 heteroatoms. The molecule has 1 aromatic carbocycles. The molecule has 20 heavy (non-hydrogen) atoms. The predicted octanol–water partition coefficient (Wildman–Crippen LogP) is 0.973. The van der Waals surface area contributed by atoms with Gasteiger partial charge in [0.1, 0.15) is 0 Å². The number of nitrogen functional groups attached to an aromatic ring is 1. The Bertz CT molecular complexity index is 502. The molecule has 1 heterocycles. The van der Waals surface area contributed by atoms with Crippen LogP contribution in [0.15, 0.2) is 18.2 Å². The van der Waals surface area contributed by atoms with Gasteiger partial charge in [0, 0.05) is 36.1 Å². The molecule has 3 N–H and O–H groups in total. The lowest BCUT2D eigenvalue weighted by molar-refractivity contribution is 0.101. The third-order valence-corrected chi connectivity index (χ3v) is 3.72. The van der Waals surface area contributed by atoms with Crippen molar-refractivity contribution in [2.24, 2.45) is 0 Å². The van der Waals surface area contributed by atoms with Gasteiger partial charge in [-0.2, -0.15) is 0 Å². The molecule has 5 nitrogen and oxygen atoms in total. The lowest BCUT2D eigenvalue weighted by Crippen LogP contribution is -2.37. The molecule has 2 unspecified atom stereocenters. The first-order valence-corrected chi connectivity index (χ1v) is 6.88. The average molecular weight is 277 g/mol. The van der Waals surface area contributed by atoms with E-state index < -0.39 is 0 Å². The molecule has 0 amide bonds. The first-order chi connectivity index (χ1) is 9.38. The van der Waals surface area contributed by atoms with Crippen LogP contribution < -0.4 is 10.6 Å². The highest BCUT2D eigenvalue weighted by molar-refractivity contribution is 6.00. The Morgan fingerprint density at radius 2 is 2.20 bits per heavy atom. The summed E-state index contributed by atoms with van der Waals surface area (Å²) < 4.78 is 0. The van der Waals surface area contributed by atoms with Crippen molar-refractivity contribution in [3.05, 3.63) is 23.8 Å². The number of anilines is 2. The van der Waals surface area contributed by atoms with E-state index in [2.05, 4.69) is 9.80 Å². The van der Waals surface area contributed by atoms with E-state index >= 15 is 0 Å². The number of hydrogen-bond donors (Lipinski definition) is 2. The first kappa shape index (κ1) is 14.8. The van der Waals surface area contributed by atoms with Crippen LogP contribution in [0.25, 0.3) is 0 Å². The smallest absolute Gasteiger partial charge is 0.161 e. The molecule has 110 valence electrons. The van der Waals surface area contributed by atoms with Gasteiger partial charge < -0.3 is 20.6 Å². The van der Waals surface area contributed by atoms with Gasteiger partial charge in [0.25, 0.3) is 0 Å². The number of carbonyl (C=O) groups excluding carboxylic acids is 1. The highest BCUT2D eigenvalue weighted by Gasteiger charge is 2.31. The molecule has 1 aliphatic heterocycles. The molecule has 0 spiro atoms. The Balaban J connectivity index is 2.29. The lowest BCUT2D eigenvalue weighted by Gasteiger charge is -2.29. The molecule has 0 aromatic heterocycles. The van der Waals surface area contributed by atoms with Crippen LogP contribution in [0.1, 0.15) is 23.7 Å². The Labute approximate surface area is 120 Å². The predicted molar refractivity (Wildman–Crippen MR) is 81.2 cm³/mol. The standard InChI is InChI=1S/C15H23N3O2/c1-10(19)14-7-11(4-5-15(14)16)18-9-13(20)6-12(18)8-17(2)3/h4-5,7,12-13,20H,6,8-9,16H2,1-3H3. The van der Waals surface area contributed by atoms with Crippen LogP contribution in [0.5, 0.6) is 0 Å². The topological polar surface area (TPSA) is 69.8 Å². The summed E-state index contributed by atoms with van der Waals surface area (Å²) >= 11 is 0. The Morgan fingerprint density at radius 1 is 1.50 bits per heavy atom. The number of rotatable bonds is 4. The summed E-state index contributed by atoms with van der Waals surface area (Å²) in [5, 5.41) is 9.93. The number of carbonyl (C=O) groups is 1. The van der Waals surface area contributed by atoms with Crippen LogP contribution in [0.3, 0.4) is 0 Å². The number of nitrogens with two attached hydrogens (primary N) is 1. The van der Waals surface area contributed by atoms with Crippen molar-refractivity contribution in [2.45, 2.75) is 25.5 Å². The van der Waals surface area contributed by atoms with Crippen LogP contribution >= 0.6 is 0 Å². The summed E-state index contributed by atoms with van der Waals surface area (Å²) in [6, 6.07) is 5.77. The normalized spacial score (nSPS) is 22.6. The maximum atomic E-state index is 11.6. The van der Waals surface area contributed by atoms with Crippen molar-refractivity contribution < 1.29 is 9.90 Å². The van der Waals surface area contributed by atoms with Crippen LogP contribution in [0.4, 0.5) is 11.4 Å². The van der Waals surface area contributed by atoms with Gasteiger partial charge in [0.05, 0.1) is 6.10 Å². The minimum atomic E-state index is -0.321. The fourth-order valence-corrected chi connectivity index (χ4v) is 2.83. The van der Waals surface area contributed by atoms with Crippen molar-refractivity contribution in [1.82, 2.24) is 4.90 Å². The van der Waals surface area contributed by atoms with E-state index in [1.807, 2.05) is 26.2 Å². The number of β-amino-alcohol motifs (C(OH)–C–C–N with tert-alkyl or cyclic N) is 1. The summed E-state index contributed by atoms with van der Waals surface area (Å²) in [6.07, 6.45) is 0.427. The van der Waals surface area contributed by atoms with Crippen LogP contribution in [0, 0.1) is 0 Å². The van der Waals surface area contributed by atoms with E-state index in [1.54, 1.807) is 6.07 Å². The van der Waals surface area contributed by atoms with Crippen molar-refractivity contribution in [3.63, 3.8) is 0 Å². The number of aliphatic hydroxyl groups excluding tert-OH is 1. The summed E-state index contributed by atoms with van der Waals surface area (Å²) in [4.78, 5) is 15.9. The fourth-order valence-electron chi connectivity index (χ4n) is 2.83. The lowest BCUT2D eigenvalue weighted by atomic mass is 10.1. The van der Waals surface area contributed by atoms with E-state index in [1.165, 1.54) is 6.92 Å². The van der Waals surface area contributed by atoms with Gasteiger partial charge in [0.15, 0.2) is 5.78 Å². The zero-order valence-electron chi connectivity index (χ0n) is 12.3. The Kier molecular flexibility index (Phi) is 4.30. The number of hydrogen-bond acceptors (Lipinski definition) is 5. The Morgan fingerprint density at radius 3 is 2.80 bits per heavy atom. The van der Waals surface area contributed by atoms with Crippen molar-refractivity contribution >= 4 is 17.2 Å². The largest absolute Gasteiger partial charge is 0.398 e. The van der Waals surface area contributed by atoms with Crippen molar-refractivity contribution in [3.8, 4) is 0 Å². The molecule has 0 radical (unpaired) electrons. The van der Waals surface area contributed by atoms with Gasteiger partial charge in [-0.25, -0.2) is 0 Å². The second-order valence-corrected chi connectivity index (χ2v) is 5.79. The van der Waals surface area contributed by atoms with E-state index in [0.29, 0.717) is 17.8 Å². The average Bonchev–Trinajstić information content (AvgIpc) is 2.69. The van der Waals surface area contributed by atoms with Crippen LogP contribution in [-0.2, 0) is 0 Å². The molecular weight excluding hydrogens is 254 g/mol. The summed E-state index contributed by atoms with van der Waals surface area (Å²) in [6.45, 7) is 2.99. The van der Waals surface area contributed by atoms with Crippen molar-refractivity contribution in [2.75, 3.05) is 37.8 Å². The monoisotopic (exact) mass is 277 g/mol. The summed E-state index contributed by atoms with van der Waals surface area (Å²) in [7, 11) is 4.04. The molecule has 2 atom stereocenters. The maximum Gasteiger partial charge on any atom is 0.161 e. The third kappa shape index (κ3) is 3.11. The van der Waals surface area contributed by atoms with Crippen molar-refractivity contribution in [1.29, 1.82) is 0 Å². The second kappa shape index (κ2) is 5.81. The van der Waals surface area contributed by atoms with Gasteiger partial charge >= 0.3 is 0 Å². The maximum absolute atomic E-state index is 11.6. The molecular formula is C15H23N3O2. The van der Waals surface area contributed by atoms with Crippen LogP contribution in [0.2, 0.25) is 0 Å². The zero-order valence-corrected chi connectivity index (χ0v) is 12.3. The molecule has 0 bridgehead atoms. The fraction of sp³-hybridized carbons (Fsp3) is 0.533. The first-order valence-electron chi connectivity index (χ1n) is 6.88. The quantitative estimate of drug-likeness (QED) is 0.634. The molecule has 1 fully saturated rings. The number of nitrogens with zero attached hydrogens (tertiary/aromatic N) is 2. The SMILES string of the molecule is CC(=O)c1cc(N2CC(O)CC2CN(C)C)ccc1N. The number of aliphatic hydroxyl groups is 1. The van der Waals surface area contributed by atoms with Crippen LogP contribution in [-0.4, -0.2) is 55.1 Å².